The third kappa shape index (κ3) is 4.21. The summed E-state index contributed by atoms with van der Waals surface area (Å²) < 4.78 is 5.17. The molecule has 4 N–H and O–H groups in total. The lowest BCUT2D eigenvalue weighted by molar-refractivity contribution is -0.114. The van der Waals surface area contributed by atoms with E-state index in [1.54, 1.807) is 42.5 Å². The molecule has 0 bridgehead atoms. The smallest absolute Gasteiger partial charge is 0.257 e. The molecule has 120 valence electrons. The van der Waals surface area contributed by atoms with Gasteiger partial charge in [0, 0.05) is 5.69 Å². The molecule has 0 spiro atoms. The van der Waals surface area contributed by atoms with Crippen molar-refractivity contribution in [3.63, 3.8) is 0 Å². The van der Waals surface area contributed by atoms with Crippen LogP contribution < -0.4 is 21.1 Å². The van der Waals surface area contributed by atoms with Crippen molar-refractivity contribution in [3.05, 3.63) is 53.1 Å². The summed E-state index contributed by atoms with van der Waals surface area (Å²) in [7, 11) is 1.48. The van der Waals surface area contributed by atoms with Gasteiger partial charge in [-0.1, -0.05) is 23.7 Å². The summed E-state index contributed by atoms with van der Waals surface area (Å²) in [6.07, 6.45) is 0. The maximum absolute atomic E-state index is 12.2. The van der Waals surface area contributed by atoms with Gasteiger partial charge >= 0.3 is 0 Å². The zero-order chi connectivity index (χ0) is 16.8. The number of anilines is 2. The molecule has 2 rings (SSSR count). The van der Waals surface area contributed by atoms with Crippen LogP contribution in [0, 0.1) is 0 Å². The molecule has 0 atom stereocenters. The van der Waals surface area contributed by atoms with E-state index in [1.807, 2.05) is 0 Å². The highest BCUT2D eigenvalue weighted by Crippen LogP contribution is 2.28. The van der Waals surface area contributed by atoms with E-state index in [2.05, 4.69) is 10.6 Å². The zero-order valence-electron chi connectivity index (χ0n) is 12.4. The van der Waals surface area contributed by atoms with Crippen LogP contribution in [-0.2, 0) is 4.79 Å². The number of ether oxygens (including phenoxy) is 1. The highest BCUT2D eigenvalue weighted by molar-refractivity contribution is 6.34. The second-order valence-electron chi connectivity index (χ2n) is 4.60. The Morgan fingerprint density at radius 2 is 1.91 bits per heavy atom. The first-order valence-electron chi connectivity index (χ1n) is 6.79. The lowest BCUT2D eigenvalue weighted by Crippen LogP contribution is -2.22. The number of nitrogens with one attached hydrogen (secondary N) is 2. The fourth-order valence-electron chi connectivity index (χ4n) is 1.93. The first-order chi connectivity index (χ1) is 11.0. The number of methoxy groups -OCH3 is 1. The highest BCUT2D eigenvalue weighted by Gasteiger charge is 2.12. The van der Waals surface area contributed by atoms with E-state index in [1.165, 1.54) is 7.11 Å². The van der Waals surface area contributed by atoms with Crippen molar-refractivity contribution in [3.8, 4) is 5.75 Å². The van der Waals surface area contributed by atoms with E-state index in [4.69, 9.17) is 22.1 Å². The predicted molar refractivity (Wildman–Crippen MR) is 90.1 cm³/mol. The molecule has 2 aromatic carbocycles. The summed E-state index contributed by atoms with van der Waals surface area (Å²) in [6.45, 7) is -0.153. The second kappa shape index (κ2) is 7.62. The van der Waals surface area contributed by atoms with Gasteiger partial charge in [-0.05, 0) is 30.3 Å². The molecule has 0 aromatic heterocycles. The Morgan fingerprint density at radius 3 is 2.57 bits per heavy atom. The Hall–Kier alpha value is -2.57. The van der Waals surface area contributed by atoms with Gasteiger partial charge < -0.3 is 21.1 Å². The average Bonchev–Trinajstić information content (AvgIpc) is 2.55. The van der Waals surface area contributed by atoms with E-state index >= 15 is 0 Å². The van der Waals surface area contributed by atoms with Crippen molar-refractivity contribution in [1.82, 2.24) is 0 Å². The van der Waals surface area contributed by atoms with Gasteiger partial charge in [0.25, 0.3) is 5.91 Å². The van der Waals surface area contributed by atoms with Crippen molar-refractivity contribution < 1.29 is 14.3 Å². The molecular formula is C16H16ClN3O3. The molecule has 2 aromatic rings. The molecule has 0 radical (unpaired) electrons. The third-order valence-corrected chi connectivity index (χ3v) is 3.36. The number of carbonyl (C=O) groups is 2. The molecule has 7 heteroatoms. The van der Waals surface area contributed by atoms with E-state index in [0.29, 0.717) is 27.7 Å². The second-order valence-corrected chi connectivity index (χ2v) is 5.01. The predicted octanol–water partition coefficient (Wildman–Crippen LogP) is 2.50. The number of hydrogen-bond acceptors (Lipinski definition) is 4. The monoisotopic (exact) mass is 333 g/mol. The Bertz CT molecular complexity index is 734. The number of nitrogens with two attached hydrogens (primary N) is 1. The van der Waals surface area contributed by atoms with Crippen LogP contribution in [0.3, 0.4) is 0 Å². The molecule has 0 saturated heterocycles. The molecule has 0 aliphatic carbocycles. The van der Waals surface area contributed by atoms with Gasteiger partial charge in [-0.25, -0.2) is 0 Å². The van der Waals surface area contributed by atoms with Crippen LogP contribution in [0.15, 0.2) is 42.5 Å². The van der Waals surface area contributed by atoms with Gasteiger partial charge in [-0.2, -0.15) is 0 Å². The van der Waals surface area contributed by atoms with Crippen molar-refractivity contribution in [2.75, 3.05) is 24.3 Å². The molecule has 0 unspecified atom stereocenters. The minimum Gasteiger partial charge on any atom is -0.495 e. The van der Waals surface area contributed by atoms with E-state index in [9.17, 15) is 9.59 Å². The average molecular weight is 334 g/mol. The minimum absolute atomic E-state index is 0.153. The summed E-state index contributed by atoms with van der Waals surface area (Å²) >= 11 is 6.00. The fourth-order valence-corrected chi connectivity index (χ4v) is 2.15. The van der Waals surface area contributed by atoms with Crippen LogP contribution in [0.25, 0.3) is 0 Å². The molecule has 0 saturated carbocycles. The minimum atomic E-state index is -0.363. The van der Waals surface area contributed by atoms with Crippen LogP contribution in [0.5, 0.6) is 5.75 Å². The quantitative estimate of drug-likeness (QED) is 0.783. The van der Waals surface area contributed by atoms with Gasteiger partial charge in [0.15, 0.2) is 0 Å². The number of rotatable bonds is 5. The van der Waals surface area contributed by atoms with Crippen LogP contribution >= 0.6 is 11.6 Å². The van der Waals surface area contributed by atoms with Crippen LogP contribution in [-0.4, -0.2) is 25.5 Å². The molecule has 23 heavy (non-hydrogen) atoms. The molecular weight excluding hydrogens is 318 g/mol. The van der Waals surface area contributed by atoms with Gasteiger partial charge in [-0.3, -0.25) is 9.59 Å². The fraction of sp³-hybridized carbons (Fsp3) is 0.125. The maximum Gasteiger partial charge on any atom is 0.257 e. The summed E-state index contributed by atoms with van der Waals surface area (Å²) in [6, 6.07) is 11.6. The lowest BCUT2D eigenvalue weighted by atomic mass is 10.2. The van der Waals surface area contributed by atoms with Crippen LogP contribution in [0.4, 0.5) is 11.4 Å². The lowest BCUT2D eigenvalue weighted by Gasteiger charge is -2.12. The first kappa shape index (κ1) is 16.8. The van der Waals surface area contributed by atoms with Crippen molar-refractivity contribution in [1.29, 1.82) is 0 Å². The Balaban J connectivity index is 2.23. The number of benzene rings is 2. The summed E-state index contributed by atoms with van der Waals surface area (Å²) in [5.41, 5.74) is 6.55. The summed E-state index contributed by atoms with van der Waals surface area (Å²) in [5.74, 6) is -0.253. The normalized spacial score (nSPS) is 10.0. The molecule has 2 amide bonds. The Labute approximate surface area is 138 Å². The van der Waals surface area contributed by atoms with Crippen LogP contribution in [0.1, 0.15) is 10.4 Å². The number of halogens is 1. The van der Waals surface area contributed by atoms with E-state index < -0.39 is 0 Å². The van der Waals surface area contributed by atoms with Gasteiger partial charge in [-0.15, -0.1) is 0 Å². The third-order valence-electron chi connectivity index (χ3n) is 3.04. The van der Waals surface area contributed by atoms with Crippen LogP contribution in [0.2, 0.25) is 5.02 Å². The Kier molecular flexibility index (Phi) is 5.56. The SMILES string of the molecule is COc1ccc(NC(=O)c2ccccc2Cl)cc1NC(=O)CN. The molecule has 6 nitrogen and oxygen atoms in total. The van der Waals surface area contributed by atoms with Gasteiger partial charge in [0.1, 0.15) is 5.75 Å². The van der Waals surface area contributed by atoms with Crippen molar-refractivity contribution >= 4 is 34.8 Å². The van der Waals surface area contributed by atoms with Crippen molar-refractivity contribution in [2.24, 2.45) is 5.73 Å². The molecule has 0 aliphatic rings. The van der Waals surface area contributed by atoms with Gasteiger partial charge in [0.05, 0.1) is 29.9 Å². The highest BCUT2D eigenvalue weighted by atomic mass is 35.5. The topological polar surface area (TPSA) is 93.5 Å². The molecule has 0 aliphatic heterocycles. The number of amides is 2. The standard InChI is InChI=1S/C16H16ClN3O3/c1-23-14-7-6-10(8-13(14)20-15(21)9-18)19-16(22)11-4-2-3-5-12(11)17/h2-8H,9,18H2,1H3,(H,19,22)(H,20,21). The molecule has 0 heterocycles. The summed E-state index contributed by atoms with van der Waals surface area (Å²) in [4.78, 5) is 23.7. The first-order valence-corrected chi connectivity index (χ1v) is 7.16. The maximum atomic E-state index is 12.2. The number of carbonyl (C=O) groups excluding carboxylic acids is 2. The van der Waals surface area contributed by atoms with E-state index in [0.717, 1.165) is 0 Å². The number of hydrogen-bond donors (Lipinski definition) is 3. The van der Waals surface area contributed by atoms with Crippen molar-refractivity contribution in [2.45, 2.75) is 0 Å². The largest absolute Gasteiger partial charge is 0.495 e. The Morgan fingerprint density at radius 1 is 1.17 bits per heavy atom. The summed E-state index contributed by atoms with van der Waals surface area (Å²) in [5, 5.41) is 5.69. The zero-order valence-corrected chi connectivity index (χ0v) is 13.2. The molecule has 0 fully saturated rings. The van der Waals surface area contributed by atoms with Gasteiger partial charge in [0.2, 0.25) is 5.91 Å². The van der Waals surface area contributed by atoms with E-state index in [-0.39, 0.29) is 18.4 Å².